The van der Waals surface area contributed by atoms with Crippen LogP contribution in [0.25, 0.3) is 44.2 Å². The zero-order valence-corrected chi connectivity index (χ0v) is 20.7. The van der Waals surface area contributed by atoms with Gasteiger partial charge in [0.15, 0.2) is 0 Å². The highest BCUT2D eigenvalue weighted by molar-refractivity contribution is 6.17. The van der Waals surface area contributed by atoms with E-state index in [0.717, 1.165) is 68.5 Å². The fraction of sp³-hybridized carbons (Fsp3) is 0.233. The number of methoxy groups -OCH3 is 2. The Labute approximate surface area is 205 Å². The highest BCUT2D eigenvalue weighted by atomic mass is 16.5. The van der Waals surface area contributed by atoms with E-state index in [0.29, 0.717) is 6.54 Å². The van der Waals surface area contributed by atoms with Crippen molar-refractivity contribution in [2.45, 2.75) is 26.3 Å². The molecule has 0 unspecified atom stereocenters. The van der Waals surface area contributed by atoms with Gasteiger partial charge in [0.2, 0.25) is 0 Å². The molecule has 0 spiro atoms. The Hall–Kier alpha value is -3.99. The van der Waals surface area contributed by atoms with Gasteiger partial charge >= 0.3 is 0 Å². The standard InChI is InChI=1S/C30H30N2O3/c1-5-6-19-32-28(21-13-17-23(35-4)18-14-21)26(20-11-15-22(34-3)16-12-20)27-24-9-7-8-10-25(24)31(2)29(27)30(32)33/h7-18H,5-6,19H2,1-4H3. The van der Waals surface area contributed by atoms with Gasteiger partial charge in [-0.25, -0.2) is 0 Å². The molecule has 0 aliphatic rings. The average molecular weight is 467 g/mol. The maximum Gasteiger partial charge on any atom is 0.275 e. The lowest BCUT2D eigenvalue weighted by molar-refractivity contribution is 0.414. The molecule has 5 nitrogen and oxygen atoms in total. The Morgan fingerprint density at radius 2 is 1.40 bits per heavy atom. The summed E-state index contributed by atoms with van der Waals surface area (Å²) in [7, 11) is 5.32. The van der Waals surface area contributed by atoms with E-state index in [1.807, 2.05) is 64.7 Å². The minimum Gasteiger partial charge on any atom is -0.497 e. The largest absolute Gasteiger partial charge is 0.497 e. The molecule has 0 aliphatic carbocycles. The molecule has 0 aliphatic heterocycles. The first-order chi connectivity index (χ1) is 17.1. The van der Waals surface area contributed by atoms with Crippen LogP contribution in [-0.2, 0) is 13.6 Å². The molecule has 5 heteroatoms. The Kier molecular flexibility index (Phi) is 6.08. The van der Waals surface area contributed by atoms with Crippen LogP contribution in [0.2, 0.25) is 0 Å². The molecule has 0 bridgehead atoms. The van der Waals surface area contributed by atoms with Crippen molar-refractivity contribution in [3.63, 3.8) is 0 Å². The van der Waals surface area contributed by atoms with Crippen LogP contribution in [0, 0.1) is 0 Å². The van der Waals surface area contributed by atoms with E-state index in [9.17, 15) is 4.79 Å². The third kappa shape index (κ3) is 3.77. The predicted molar refractivity (Wildman–Crippen MR) is 144 cm³/mol. The van der Waals surface area contributed by atoms with Crippen LogP contribution in [-0.4, -0.2) is 23.4 Å². The second-order valence-electron chi connectivity index (χ2n) is 8.79. The number of nitrogens with zero attached hydrogens (tertiary/aromatic N) is 2. The monoisotopic (exact) mass is 466 g/mol. The van der Waals surface area contributed by atoms with Crippen LogP contribution in [0.15, 0.2) is 77.6 Å². The third-order valence-electron chi connectivity index (χ3n) is 6.79. The zero-order valence-electron chi connectivity index (χ0n) is 20.7. The fourth-order valence-corrected chi connectivity index (χ4v) is 5.00. The van der Waals surface area contributed by atoms with Crippen LogP contribution in [0.3, 0.4) is 0 Å². The van der Waals surface area contributed by atoms with Crippen molar-refractivity contribution in [3.8, 4) is 33.9 Å². The predicted octanol–water partition coefficient (Wildman–Crippen LogP) is 6.64. The highest BCUT2D eigenvalue weighted by Gasteiger charge is 2.24. The Balaban J connectivity index is 1.99. The molecule has 0 fully saturated rings. The topological polar surface area (TPSA) is 45.4 Å². The van der Waals surface area contributed by atoms with Gasteiger partial charge in [0.25, 0.3) is 5.56 Å². The van der Waals surface area contributed by atoms with Crippen molar-refractivity contribution in [1.82, 2.24) is 9.13 Å². The molecule has 0 amide bonds. The molecule has 3 aromatic carbocycles. The lowest BCUT2D eigenvalue weighted by Crippen LogP contribution is -2.24. The SMILES string of the molecule is CCCCn1c(-c2ccc(OC)cc2)c(-c2ccc(OC)cc2)c2c3ccccc3n(C)c2c1=O. The number of pyridine rings is 1. The van der Waals surface area contributed by atoms with E-state index in [1.54, 1.807) is 14.2 Å². The zero-order chi connectivity index (χ0) is 24.5. The second kappa shape index (κ2) is 9.34. The summed E-state index contributed by atoms with van der Waals surface area (Å²) in [5.74, 6) is 1.58. The van der Waals surface area contributed by atoms with Crippen molar-refractivity contribution >= 4 is 21.8 Å². The number of benzene rings is 3. The van der Waals surface area contributed by atoms with Crippen LogP contribution >= 0.6 is 0 Å². The minimum absolute atomic E-state index is 0.0372. The lowest BCUT2D eigenvalue weighted by Gasteiger charge is -2.20. The van der Waals surface area contributed by atoms with Crippen molar-refractivity contribution in [3.05, 3.63) is 83.2 Å². The summed E-state index contributed by atoms with van der Waals surface area (Å²) < 4.78 is 14.8. The summed E-state index contributed by atoms with van der Waals surface area (Å²) in [5.41, 5.74) is 5.83. The molecule has 5 rings (SSSR count). The maximum absolute atomic E-state index is 14.1. The molecule has 5 aromatic rings. The van der Waals surface area contributed by atoms with Gasteiger partial charge in [-0.05, 0) is 60.0 Å². The molecule has 35 heavy (non-hydrogen) atoms. The van der Waals surface area contributed by atoms with Crippen LogP contribution in [0.4, 0.5) is 0 Å². The summed E-state index contributed by atoms with van der Waals surface area (Å²) in [4.78, 5) is 14.1. The van der Waals surface area contributed by atoms with Gasteiger partial charge in [0.1, 0.15) is 17.0 Å². The fourth-order valence-electron chi connectivity index (χ4n) is 5.00. The average Bonchev–Trinajstić information content (AvgIpc) is 3.21. The Morgan fingerprint density at radius 3 is 2.00 bits per heavy atom. The summed E-state index contributed by atoms with van der Waals surface area (Å²) in [6.45, 7) is 2.80. The molecule has 2 aromatic heterocycles. The number of rotatable bonds is 7. The molecule has 0 radical (unpaired) electrons. The number of aryl methyl sites for hydroxylation is 1. The van der Waals surface area contributed by atoms with Gasteiger partial charge in [-0.15, -0.1) is 0 Å². The number of para-hydroxylation sites is 1. The van der Waals surface area contributed by atoms with Gasteiger partial charge in [-0.2, -0.15) is 0 Å². The summed E-state index contributed by atoms with van der Waals surface area (Å²) in [5, 5.41) is 2.06. The first-order valence-electron chi connectivity index (χ1n) is 12.0. The van der Waals surface area contributed by atoms with Crippen molar-refractivity contribution in [1.29, 1.82) is 0 Å². The van der Waals surface area contributed by atoms with Crippen LogP contribution in [0.5, 0.6) is 11.5 Å². The van der Waals surface area contributed by atoms with Crippen LogP contribution < -0.4 is 15.0 Å². The first kappa shape index (κ1) is 22.8. The van der Waals surface area contributed by atoms with Gasteiger partial charge in [-0.3, -0.25) is 4.79 Å². The van der Waals surface area contributed by atoms with Gasteiger partial charge in [-0.1, -0.05) is 43.7 Å². The van der Waals surface area contributed by atoms with Gasteiger partial charge < -0.3 is 18.6 Å². The number of hydrogen-bond donors (Lipinski definition) is 0. The van der Waals surface area contributed by atoms with E-state index in [-0.39, 0.29) is 5.56 Å². The quantitative estimate of drug-likeness (QED) is 0.270. The third-order valence-corrected chi connectivity index (χ3v) is 6.79. The highest BCUT2D eigenvalue weighted by Crippen LogP contribution is 2.41. The van der Waals surface area contributed by atoms with E-state index >= 15 is 0 Å². The first-order valence-corrected chi connectivity index (χ1v) is 12.0. The van der Waals surface area contributed by atoms with E-state index in [1.165, 1.54) is 0 Å². The number of hydrogen-bond acceptors (Lipinski definition) is 3. The van der Waals surface area contributed by atoms with E-state index in [4.69, 9.17) is 9.47 Å². The van der Waals surface area contributed by atoms with Crippen molar-refractivity contribution in [2.24, 2.45) is 7.05 Å². The summed E-state index contributed by atoms with van der Waals surface area (Å²) >= 11 is 0. The molecular weight excluding hydrogens is 436 g/mol. The molecule has 0 N–H and O–H groups in total. The van der Waals surface area contributed by atoms with Crippen molar-refractivity contribution in [2.75, 3.05) is 14.2 Å². The molecule has 2 heterocycles. The summed E-state index contributed by atoms with van der Waals surface area (Å²) in [6.07, 6.45) is 1.92. The maximum atomic E-state index is 14.1. The lowest BCUT2D eigenvalue weighted by atomic mass is 9.94. The molecule has 178 valence electrons. The van der Waals surface area contributed by atoms with Gasteiger partial charge in [0.05, 0.1) is 19.9 Å². The molecular formula is C30H30N2O3. The normalized spacial score (nSPS) is 11.3. The van der Waals surface area contributed by atoms with Gasteiger partial charge in [0, 0.05) is 35.4 Å². The molecule has 0 saturated heterocycles. The Morgan fingerprint density at radius 1 is 0.800 bits per heavy atom. The molecule has 0 atom stereocenters. The Bertz CT molecular complexity index is 1560. The number of aromatic nitrogens is 2. The van der Waals surface area contributed by atoms with Crippen LogP contribution in [0.1, 0.15) is 19.8 Å². The minimum atomic E-state index is 0.0372. The molecule has 0 saturated carbocycles. The van der Waals surface area contributed by atoms with E-state index in [2.05, 4.69) is 31.2 Å². The van der Waals surface area contributed by atoms with E-state index < -0.39 is 0 Å². The smallest absolute Gasteiger partial charge is 0.275 e. The number of unbranched alkanes of at least 4 members (excludes halogenated alkanes) is 1. The number of ether oxygens (including phenoxy) is 2. The second-order valence-corrected chi connectivity index (χ2v) is 8.79. The number of fused-ring (bicyclic) bond motifs is 3. The summed E-state index contributed by atoms with van der Waals surface area (Å²) in [6, 6.07) is 24.4. The van der Waals surface area contributed by atoms with Crippen molar-refractivity contribution < 1.29 is 9.47 Å².